The van der Waals surface area contributed by atoms with Gasteiger partial charge in [-0.1, -0.05) is 0 Å². The van der Waals surface area contributed by atoms with E-state index in [-0.39, 0.29) is 6.42 Å². The third-order valence-electron chi connectivity index (χ3n) is 2.72. The molecule has 0 fully saturated rings. The third kappa shape index (κ3) is 5.82. The van der Waals surface area contributed by atoms with Crippen LogP contribution in [0.3, 0.4) is 0 Å². The molecule has 0 saturated heterocycles. The van der Waals surface area contributed by atoms with Crippen molar-refractivity contribution in [2.24, 2.45) is 0 Å². The van der Waals surface area contributed by atoms with Gasteiger partial charge < -0.3 is 15.8 Å². The summed E-state index contributed by atoms with van der Waals surface area (Å²) in [6, 6.07) is 4.87. The van der Waals surface area contributed by atoms with Crippen LogP contribution in [0.1, 0.15) is 12.0 Å². The number of hydrogen-bond acceptors (Lipinski definition) is 6. The van der Waals surface area contributed by atoms with E-state index in [1.165, 1.54) is 7.11 Å². The highest BCUT2D eigenvalue weighted by Gasteiger charge is 2.19. The van der Waals surface area contributed by atoms with Crippen molar-refractivity contribution in [1.29, 1.82) is 0 Å². The first-order valence-electron chi connectivity index (χ1n) is 6.17. The first-order valence-corrected chi connectivity index (χ1v) is 7.99. The molecule has 1 aromatic rings. The lowest BCUT2D eigenvalue weighted by Gasteiger charge is -2.09. The van der Waals surface area contributed by atoms with Crippen molar-refractivity contribution in [2.45, 2.75) is 13.3 Å². The number of amides is 1. The zero-order chi connectivity index (χ0) is 16.0. The Morgan fingerprint density at radius 1 is 1.33 bits per heavy atom. The minimum atomic E-state index is -3.66. The lowest BCUT2D eigenvalue weighted by atomic mass is 10.2. The van der Waals surface area contributed by atoms with Gasteiger partial charge in [0.2, 0.25) is 5.91 Å². The van der Waals surface area contributed by atoms with Gasteiger partial charge in [-0.3, -0.25) is 9.59 Å². The smallest absolute Gasteiger partial charge is 0.306 e. The van der Waals surface area contributed by atoms with Crippen molar-refractivity contribution < 1.29 is 22.7 Å². The Kier molecular flexibility index (Phi) is 5.71. The van der Waals surface area contributed by atoms with Gasteiger partial charge >= 0.3 is 5.97 Å². The van der Waals surface area contributed by atoms with Crippen LogP contribution in [0.5, 0.6) is 0 Å². The number of hydrogen-bond donors (Lipinski definition) is 2. The molecule has 0 atom stereocenters. The van der Waals surface area contributed by atoms with Crippen LogP contribution < -0.4 is 11.1 Å². The fourth-order valence-corrected chi connectivity index (χ4v) is 2.72. The number of methoxy groups -OCH3 is 1. The van der Waals surface area contributed by atoms with E-state index in [9.17, 15) is 18.0 Å². The van der Waals surface area contributed by atoms with Crippen molar-refractivity contribution in [1.82, 2.24) is 0 Å². The number of carbonyl (C=O) groups is 2. The first kappa shape index (κ1) is 17.0. The summed E-state index contributed by atoms with van der Waals surface area (Å²) >= 11 is 0. The normalized spacial score (nSPS) is 11.0. The van der Waals surface area contributed by atoms with E-state index in [2.05, 4.69) is 10.1 Å². The summed E-state index contributed by atoms with van der Waals surface area (Å²) in [5, 5.41) is 2.51. The number of carbonyl (C=O) groups excluding carboxylic acids is 2. The predicted octanol–water partition coefficient (Wildman–Crippen LogP) is 0.494. The van der Waals surface area contributed by atoms with Gasteiger partial charge in [-0.05, 0) is 30.7 Å². The molecule has 0 spiro atoms. The average Bonchev–Trinajstić information content (AvgIpc) is 2.38. The highest BCUT2D eigenvalue weighted by molar-refractivity contribution is 7.92. The van der Waals surface area contributed by atoms with E-state index < -0.39 is 33.2 Å². The topological polar surface area (TPSA) is 116 Å². The number of nitrogen functional groups attached to an aromatic ring is 1. The predicted molar refractivity (Wildman–Crippen MR) is 79.5 cm³/mol. The molecule has 8 heteroatoms. The van der Waals surface area contributed by atoms with Gasteiger partial charge in [-0.2, -0.15) is 0 Å². The minimum absolute atomic E-state index is 0.271. The Morgan fingerprint density at radius 3 is 2.57 bits per heavy atom. The quantitative estimate of drug-likeness (QED) is 0.583. The molecule has 0 unspecified atom stereocenters. The SMILES string of the molecule is COC(=O)CCS(=O)(=O)CC(=O)Nc1ccc(N)cc1C. The number of nitrogens with one attached hydrogen (secondary N) is 1. The van der Waals surface area contributed by atoms with Gasteiger partial charge in [0.25, 0.3) is 0 Å². The van der Waals surface area contributed by atoms with Crippen molar-refractivity contribution in [3.05, 3.63) is 23.8 Å². The average molecular weight is 314 g/mol. The Morgan fingerprint density at radius 2 is 2.00 bits per heavy atom. The second-order valence-corrected chi connectivity index (χ2v) is 6.72. The number of sulfone groups is 1. The van der Waals surface area contributed by atoms with E-state index in [1.54, 1.807) is 25.1 Å². The number of aryl methyl sites for hydroxylation is 1. The molecule has 0 aromatic heterocycles. The molecule has 1 amide bonds. The number of anilines is 2. The lowest BCUT2D eigenvalue weighted by molar-refractivity contribution is -0.140. The van der Waals surface area contributed by atoms with E-state index in [0.29, 0.717) is 11.4 Å². The second kappa shape index (κ2) is 7.07. The van der Waals surface area contributed by atoms with Crippen molar-refractivity contribution in [3.63, 3.8) is 0 Å². The van der Waals surface area contributed by atoms with Gasteiger partial charge in [0.15, 0.2) is 9.84 Å². The Bertz CT molecular complexity index is 640. The lowest BCUT2D eigenvalue weighted by Crippen LogP contribution is -2.26. The molecule has 1 rings (SSSR count). The summed E-state index contributed by atoms with van der Waals surface area (Å²) in [5.41, 5.74) is 7.37. The molecule has 0 heterocycles. The highest BCUT2D eigenvalue weighted by atomic mass is 32.2. The zero-order valence-corrected chi connectivity index (χ0v) is 12.7. The van der Waals surface area contributed by atoms with Crippen LogP contribution >= 0.6 is 0 Å². The van der Waals surface area contributed by atoms with Crippen LogP contribution in [0.25, 0.3) is 0 Å². The van der Waals surface area contributed by atoms with Gasteiger partial charge in [0, 0.05) is 11.4 Å². The van der Waals surface area contributed by atoms with Crippen LogP contribution in [0, 0.1) is 6.92 Å². The Hall–Kier alpha value is -2.09. The molecule has 0 aliphatic heterocycles. The first-order chi connectivity index (χ1) is 9.73. The summed E-state index contributed by atoms with van der Waals surface area (Å²) in [7, 11) is -2.49. The van der Waals surface area contributed by atoms with E-state index in [0.717, 1.165) is 5.56 Å². The number of nitrogens with two attached hydrogens (primary N) is 1. The van der Waals surface area contributed by atoms with Crippen LogP contribution in [0.15, 0.2) is 18.2 Å². The summed E-state index contributed by atoms with van der Waals surface area (Å²) in [6.07, 6.45) is -0.271. The Labute approximate surface area is 123 Å². The highest BCUT2D eigenvalue weighted by Crippen LogP contribution is 2.17. The molecule has 116 valence electrons. The summed E-state index contributed by atoms with van der Waals surface area (Å²) in [4.78, 5) is 22.7. The molecule has 0 aliphatic carbocycles. The third-order valence-corrected chi connectivity index (χ3v) is 4.25. The molecule has 1 aromatic carbocycles. The van der Waals surface area contributed by atoms with Gasteiger partial charge in [-0.15, -0.1) is 0 Å². The van der Waals surface area contributed by atoms with Crippen LogP contribution in [0.2, 0.25) is 0 Å². The van der Waals surface area contributed by atoms with Gasteiger partial charge in [-0.25, -0.2) is 8.42 Å². The maximum atomic E-state index is 11.7. The molecule has 7 nitrogen and oxygen atoms in total. The Balaban J connectivity index is 2.62. The monoisotopic (exact) mass is 314 g/mol. The second-order valence-electron chi connectivity index (χ2n) is 4.54. The molecule has 21 heavy (non-hydrogen) atoms. The molecule has 0 bridgehead atoms. The van der Waals surface area contributed by atoms with Gasteiger partial charge in [0.05, 0.1) is 19.3 Å². The number of esters is 1. The zero-order valence-electron chi connectivity index (χ0n) is 11.9. The molecular weight excluding hydrogens is 296 g/mol. The fourth-order valence-electron chi connectivity index (χ4n) is 1.63. The largest absolute Gasteiger partial charge is 0.469 e. The summed E-state index contributed by atoms with van der Waals surface area (Å²) in [6.45, 7) is 1.75. The van der Waals surface area contributed by atoms with Gasteiger partial charge in [0.1, 0.15) is 5.75 Å². The number of ether oxygens (including phenoxy) is 1. The van der Waals surface area contributed by atoms with Crippen LogP contribution in [-0.2, 0) is 24.2 Å². The van der Waals surface area contributed by atoms with Crippen molar-refractivity contribution in [2.75, 3.05) is 29.7 Å². The van der Waals surface area contributed by atoms with Crippen molar-refractivity contribution >= 4 is 33.1 Å². The van der Waals surface area contributed by atoms with Crippen molar-refractivity contribution in [3.8, 4) is 0 Å². The maximum absolute atomic E-state index is 11.7. The van der Waals surface area contributed by atoms with E-state index in [4.69, 9.17) is 5.73 Å². The molecule has 3 N–H and O–H groups in total. The van der Waals surface area contributed by atoms with E-state index in [1.807, 2.05) is 0 Å². The number of benzene rings is 1. The minimum Gasteiger partial charge on any atom is -0.469 e. The molecule has 0 aliphatic rings. The number of rotatable bonds is 6. The van der Waals surface area contributed by atoms with Crippen LogP contribution in [0.4, 0.5) is 11.4 Å². The maximum Gasteiger partial charge on any atom is 0.306 e. The standard InChI is InChI=1S/C13H18N2O5S/c1-9-7-10(14)3-4-11(9)15-12(16)8-21(18,19)6-5-13(17)20-2/h3-4,7H,5-6,8,14H2,1-2H3,(H,15,16). The van der Waals surface area contributed by atoms with E-state index >= 15 is 0 Å². The fraction of sp³-hybridized carbons (Fsp3) is 0.385. The summed E-state index contributed by atoms with van der Waals surface area (Å²) in [5.74, 6) is -2.40. The summed E-state index contributed by atoms with van der Waals surface area (Å²) < 4.78 is 27.8. The van der Waals surface area contributed by atoms with Crippen LogP contribution in [-0.4, -0.2) is 38.9 Å². The molecular formula is C13H18N2O5S. The molecule has 0 saturated carbocycles. The molecule has 0 radical (unpaired) electrons.